The predicted molar refractivity (Wildman–Crippen MR) is 88.8 cm³/mol. The minimum atomic E-state index is -0.532. The van der Waals surface area contributed by atoms with Crippen LogP contribution in [0.5, 0.6) is 0 Å². The Bertz CT molecular complexity index is 467. The number of benzene rings is 1. The van der Waals surface area contributed by atoms with Gasteiger partial charge in [-0.25, -0.2) is 0 Å². The van der Waals surface area contributed by atoms with Gasteiger partial charge in [0.1, 0.15) is 0 Å². The van der Waals surface area contributed by atoms with Gasteiger partial charge in [-0.3, -0.25) is 4.79 Å². The van der Waals surface area contributed by atoms with Crippen molar-refractivity contribution < 1.29 is 9.90 Å². The van der Waals surface area contributed by atoms with Crippen LogP contribution in [0.2, 0.25) is 0 Å². The fourth-order valence-corrected chi connectivity index (χ4v) is 3.43. The number of amides is 1. The summed E-state index contributed by atoms with van der Waals surface area (Å²) in [6.07, 6.45) is 4.63. The summed E-state index contributed by atoms with van der Waals surface area (Å²) in [5.74, 6) is 0.0659. The SMILES string of the molecule is CN(C)CC(O)CNC(=O)C1(c2ccccc2)CCCCC1. The van der Waals surface area contributed by atoms with Gasteiger partial charge in [0, 0.05) is 13.1 Å². The summed E-state index contributed by atoms with van der Waals surface area (Å²) < 4.78 is 0. The highest BCUT2D eigenvalue weighted by Gasteiger charge is 2.40. The first kappa shape index (κ1) is 17.0. The van der Waals surface area contributed by atoms with Gasteiger partial charge < -0.3 is 15.3 Å². The molecule has 1 aromatic carbocycles. The van der Waals surface area contributed by atoms with E-state index >= 15 is 0 Å². The third-order valence-corrected chi connectivity index (χ3v) is 4.54. The Balaban J connectivity index is 2.07. The highest BCUT2D eigenvalue weighted by molar-refractivity contribution is 5.88. The molecule has 2 N–H and O–H groups in total. The molecular formula is C18H28N2O2. The fourth-order valence-electron chi connectivity index (χ4n) is 3.43. The maximum Gasteiger partial charge on any atom is 0.230 e. The lowest BCUT2D eigenvalue weighted by molar-refractivity contribution is -0.128. The molecule has 0 aliphatic heterocycles. The van der Waals surface area contributed by atoms with Gasteiger partial charge in [0.2, 0.25) is 5.91 Å². The monoisotopic (exact) mass is 304 g/mol. The van der Waals surface area contributed by atoms with Crippen LogP contribution in [0.4, 0.5) is 0 Å². The molecule has 0 saturated heterocycles. The van der Waals surface area contributed by atoms with Crippen LogP contribution < -0.4 is 5.32 Å². The second kappa shape index (κ2) is 7.75. The van der Waals surface area contributed by atoms with Crippen molar-refractivity contribution in [1.29, 1.82) is 0 Å². The molecule has 0 radical (unpaired) electrons. The number of carbonyl (C=O) groups excluding carboxylic acids is 1. The molecule has 2 rings (SSSR count). The molecule has 0 spiro atoms. The normalized spacial score (nSPS) is 18.9. The van der Waals surface area contributed by atoms with Crippen molar-refractivity contribution in [1.82, 2.24) is 10.2 Å². The van der Waals surface area contributed by atoms with Crippen molar-refractivity contribution in [2.24, 2.45) is 0 Å². The second-order valence-electron chi connectivity index (χ2n) is 6.63. The van der Waals surface area contributed by atoms with E-state index in [4.69, 9.17) is 0 Å². The van der Waals surface area contributed by atoms with E-state index < -0.39 is 11.5 Å². The smallest absolute Gasteiger partial charge is 0.230 e. The molecule has 4 nitrogen and oxygen atoms in total. The van der Waals surface area contributed by atoms with Gasteiger partial charge in [-0.1, -0.05) is 49.6 Å². The first-order valence-corrected chi connectivity index (χ1v) is 8.21. The van der Waals surface area contributed by atoms with Crippen LogP contribution in [0.15, 0.2) is 30.3 Å². The van der Waals surface area contributed by atoms with Crippen molar-refractivity contribution in [3.05, 3.63) is 35.9 Å². The summed E-state index contributed by atoms with van der Waals surface area (Å²) in [6, 6.07) is 10.1. The Kier molecular flexibility index (Phi) is 5.98. The number of likely N-dealkylation sites (N-methyl/N-ethyl adjacent to an activating group) is 1. The van der Waals surface area contributed by atoms with E-state index in [1.54, 1.807) is 0 Å². The molecule has 4 heteroatoms. The zero-order valence-electron chi connectivity index (χ0n) is 13.7. The second-order valence-corrected chi connectivity index (χ2v) is 6.63. The summed E-state index contributed by atoms with van der Waals surface area (Å²) in [5.41, 5.74) is 0.687. The van der Waals surface area contributed by atoms with Crippen molar-refractivity contribution in [3.63, 3.8) is 0 Å². The average Bonchev–Trinajstić information content (AvgIpc) is 2.53. The van der Waals surface area contributed by atoms with Crippen LogP contribution >= 0.6 is 0 Å². The van der Waals surface area contributed by atoms with E-state index in [2.05, 4.69) is 17.4 Å². The number of hydrogen-bond acceptors (Lipinski definition) is 3. The number of aliphatic hydroxyl groups is 1. The lowest BCUT2D eigenvalue weighted by Crippen LogP contribution is -2.48. The molecule has 1 aromatic rings. The number of hydrogen-bond donors (Lipinski definition) is 2. The molecule has 0 heterocycles. The van der Waals surface area contributed by atoms with E-state index in [9.17, 15) is 9.90 Å². The Morgan fingerprint density at radius 3 is 2.45 bits per heavy atom. The minimum absolute atomic E-state index is 0.0659. The average molecular weight is 304 g/mol. The van der Waals surface area contributed by atoms with E-state index in [0.717, 1.165) is 31.2 Å². The first-order valence-electron chi connectivity index (χ1n) is 8.21. The molecule has 1 unspecified atom stereocenters. The van der Waals surface area contributed by atoms with Gasteiger partial charge in [-0.2, -0.15) is 0 Å². The van der Waals surface area contributed by atoms with Crippen LogP contribution in [-0.2, 0) is 10.2 Å². The predicted octanol–water partition coefficient (Wildman–Crippen LogP) is 1.93. The van der Waals surface area contributed by atoms with Crippen molar-refractivity contribution in [2.75, 3.05) is 27.2 Å². The van der Waals surface area contributed by atoms with Crippen LogP contribution in [0.3, 0.4) is 0 Å². The van der Waals surface area contributed by atoms with Gasteiger partial charge in [0.25, 0.3) is 0 Å². The molecule has 1 atom stereocenters. The van der Waals surface area contributed by atoms with Gasteiger partial charge in [0.15, 0.2) is 0 Å². The van der Waals surface area contributed by atoms with E-state index in [0.29, 0.717) is 13.1 Å². The third kappa shape index (κ3) is 4.08. The molecule has 122 valence electrons. The highest BCUT2D eigenvalue weighted by Crippen LogP contribution is 2.39. The molecule has 1 amide bonds. The molecule has 1 fully saturated rings. The molecule has 22 heavy (non-hydrogen) atoms. The molecule has 1 aliphatic carbocycles. The quantitative estimate of drug-likeness (QED) is 0.844. The topological polar surface area (TPSA) is 52.6 Å². The van der Waals surface area contributed by atoms with Crippen molar-refractivity contribution in [2.45, 2.75) is 43.6 Å². The van der Waals surface area contributed by atoms with Gasteiger partial charge >= 0.3 is 0 Å². The number of nitrogens with zero attached hydrogens (tertiary/aromatic N) is 1. The van der Waals surface area contributed by atoms with Gasteiger partial charge in [0.05, 0.1) is 11.5 Å². The molecule has 0 bridgehead atoms. The maximum atomic E-state index is 12.9. The van der Waals surface area contributed by atoms with Crippen LogP contribution in [0, 0.1) is 0 Å². The lowest BCUT2D eigenvalue weighted by Gasteiger charge is -2.36. The Morgan fingerprint density at radius 2 is 1.86 bits per heavy atom. The summed E-state index contributed by atoms with van der Waals surface area (Å²) in [5, 5.41) is 12.9. The third-order valence-electron chi connectivity index (χ3n) is 4.54. The summed E-state index contributed by atoms with van der Waals surface area (Å²) in [7, 11) is 3.83. The van der Waals surface area contributed by atoms with E-state index in [-0.39, 0.29) is 5.91 Å². The number of carbonyl (C=O) groups is 1. The zero-order valence-corrected chi connectivity index (χ0v) is 13.7. The van der Waals surface area contributed by atoms with E-state index in [1.807, 2.05) is 37.2 Å². The van der Waals surface area contributed by atoms with E-state index in [1.165, 1.54) is 6.42 Å². The fraction of sp³-hybridized carbons (Fsp3) is 0.611. The Hall–Kier alpha value is -1.39. The Labute approximate surface area is 133 Å². The van der Waals surface area contributed by atoms with Crippen molar-refractivity contribution in [3.8, 4) is 0 Å². The minimum Gasteiger partial charge on any atom is -0.390 e. The van der Waals surface area contributed by atoms with Gasteiger partial charge in [-0.15, -0.1) is 0 Å². The lowest BCUT2D eigenvalue weighted by atomic mass is 9.68. The standard InChI is InChI=1S/C18H28N2O2/c1-20(2)14-16(21)13-19-17(22)18(11-7-4-8-12-18)15-9-5-3-6-10-15/h3,5-6,9-10,16,21H,4,7-8,11-14H2,1-2H3,(H,19,22). The van der Waals surface area contributed by atoms with Crippen LogP contribution in [-0.4, -0.2) is 49.2 Å². The number of rotatable bonds is 6. The largest absolute Gasteiger partial charge is 0.390 e. The molecular weight excluding hydrogens is 276 g/mol. The summed E-state index contributed by atoms with van der Waals surface area (Å²) >= 11 is 0. The molecule has 1 aliphatic rings. The Morgan fingerprint density at radius 1 is 1.23 bits per heavy atom. The number of nitrogens with one attached hydrogen (secondary N) is 1. The summed E-state index contributed by atoms with van der Waals surface area (Å²) in [6.45, 7) is 0.865. The highest BCUT2D eigenvalue weighted by atomic mass is 16.3. The van der Waals surface area contributed by atoms with Crippen LogP contribution in [0.25, 0.3) is 0 Å². The number of aliphatic hydroxyl groups excluding tert-OH is 1. The zero-order chi connectivity index (χ0) is 16.0. The molecule has 0 aromatic heterocycles. The van der Waals surface area contributed by atoms with Gasteiger partial charge in [-0.05, 0) is 32.5 Å². The van der Waals surface area contributed by atoms with Crippen molar-refractivity contribution >= 4 is 5.91 Å². The maximum absolute atomic E-state index is 12.9. The summed E-state index contributed by atoms with van der Waals surface area (Å²) in [4.78, 5) is 14.8. The van der Waals surface area contributed by atoms with Crippen LogP contribution in [0.1, 0.15) is 37.7 Å². The first-order chi connectivity index (χ1) is 10.5. The molecule has 1 saturated carbocycles.